The van der Waals surface area contributed by atoms with Gasteiger partial charge in [0.25, 0.3) is 0 Å². The zero-order valence-corrected chi connectivity index (χ0v) is 22.4. The van der Waals surface area contributed by atoms with Gasteiger partial charge in [-0.05, 0) is 74.5 Å². The summed E-state index contributed by atoms with van der Waals surface area (Å²) in [6.45, 7) is 4.05. The molecule has 34 heavy (non-hydrogen) atoms. The zero-order chi connectivity index (χ0) is 23.6. The van der Waals surface area contributed by atoms with Crippen LogP contribution in [0.1, 0.15) is 23.6 Å². The van der Waals surface area contributed by atoms with E-state index < -0.39 is 0 Å². The van der Waals surface area contributed by atoms with E-state index in [4.69, 9.17) is 0 Å². The van der Waals surface area contributed by atoms with E-state index in [-0.39, 0.29) is 0 Å². The fraction of sp³-hybridized carbons (Fsp3) is 0.0667. The topological polar surface area (TPSA) is 0 Å². The molecule has 0 aromatic carbocycles. The molecule has 170 valence electrons. The highest BCUT2D eigenvalue weighted by Gasteiger charge is 2.11. The first-order chi connectivity index (χ1) is 16.8. The van der Waals surface area contributed by atoms with Crippen molar-refractivity contribution >= 4 is 57.5 Å². The van der Waals surface area contributed by atoms with Gasteiger partial charge in [0.15, 0.2) is 0 Å². The highest BCUT2D eigenvalue weighted by atomic mass is 32.1. The van der Waals surface area contributed by atoms with E-state index in [2.05, 4.69) is 85.0 Å². The third-order valence-corrected chi connectivity index (χ3v) is 9.63. The molecule has 0 atom stereocenters. The van der Waals surface area contributed by atoms with E-state index in [0.717, 1.165) is 0 Å². The normalized spacial score (nSPS) is 12.9. The van der Waals surface area contributed by atoms with Crippen molar-refractivity contribution in [3.05, 3.63) is 119 Å². The Morgan fingerprint density at radius 1 is 0.382 bits per heavy atom. The number of rotatable bonds is 9. The first-order valence-electron chi connectivity index (χ1n) is 11.1. The summed E-state index contributed by atoms with van der Waals surface area (Å²) in [6.07, 6.45) is 24.9. The Bertz CT molecular complexity index is 1270. The fourth-order valence-corrected chi connectivity index (χ4v) is 7.26. The molecule has 0 radical (unpaired) electrons. The lowest BCUT2D eigenvalue weighted by atomic mass is 10.3. The van der Waals surface area contributed by atoms with Crippen molar-refractivity contribution in [2.45, 2.75) is 13.8 Å². The molecule has 4 aromatic heterocycles. The Hall–Kier alpha value is -2.76. The van der Waals surface area contributed by atoms with Gasteiger partial charge in [0.2, 0.25) is 0 Å². The van der Waals surface area contributed by atoms with Crippen LogP contribution in [0.3, 0.4) is 0 Å². The van der Waals surface area contributed by atoms with Crippen molar-refractivity contribution in [3.8, 4) is 29.3 Å². The average molecular weight is 515 g/mol. The summed E-state index contributed by atoms with van der Waals surface area (Å²) in [6, 6.07) is 17.9. The lowest BCUT2D eigenvalue weighted by Gasteiger charge is -1.92. The molecule has 0 spiro atoms. The van der Waals surface area contributed by atoms with Crippen molar-refractivity contribution < 1.29 is 0 Å². The number of thiophene rings is 4. The molecule has 0 N–H and O–H groups in total. The smallest absolute Gasteiger partial charge is 0.0449 e. The predicted octanol–water partition coefficient (Wildman–Crippen LogP) is 11.2. The first kappa shape index (κ1) is 24.4. The van der Waals surface area contributed by atoms with Gasteiger partial charge < -0.3 is 0 Å². The van der Waals surface area contributed by atoms with Crippen LogP contribution in [0.2, 0.25) is 0 Å². The molecule has 0 saturated carbocycles. The molecule has 0 aliphatic carbocycles. The summed E-state index contributed by atoms with van der Waals surface area (Å²) < 4.78 is 0. The third-order valence-electron chi connectivity index (χ3n) is 4.77. The molecule has 4 heterocycles. The maximum absolute atomic E-state index is 2.25. The molecular formula is C30H26S4. The van der Waals surface area contributed by atoms with Crippen molar-refractivity contribution in [2.75, 3.05) is 0 Å². The second-order valence-electron chi connectivity index (χ2n) is 7.27. The Kier molecular flexibility index (Phi) is 9.05. The minimum atomic E-state index is 1.27. The fourth-order valence-electron chi connectivity index (χ4n) is 3.13. The van der Waals surface area contributed by atoms with E-state index >= 15 is 0 Å². The Morgan fingerprint density at radius 3 is 1.09 bits per heavy atom. The number of hydrogen-bond donors (Lipinski definition) is 0. The van der Waals surface area contributed by atoms with Gasteiger partial charge in [-0.15, -0.1) is 45.3 Å². The van der Waals surface area contributed by atoms with E-state index in [1.165, 1.54) is 39.0 Å². The van der Waals surface area contributed by atoms with Crippen LogP contribution in [0.4, 0.5) is 0 Å². The van der Waals surface area contributed by atoms with E-state index in [1.54, 1.807) is 0 Å². The predicted molar refractivity (Wildman–Crippen MR) is 160 cm³/mol. The van der Waals surface area contributed by atoms with Crippen molar-refractivity contribution in [2.24, 2.45) is 0 Å². The van der Waals surface area contributed by atoms with Crippen LogP contribution >= 0.6 is 45.3 Å². The Balaban J connectivity index is 1.43. The van der Waals surface area contributed by atoms with Crippen molar-refractivity contribution in [3.63, 3.8) is 0 Å². The van der Waals surface area contributed by atoms with Gasteiger partial charge >= 0.3 is 0 Å². The largest absolute Gasteiger partial charge is 0.135 e. The average Bonchev–Trinajstić information content (AvgIpc) is 3.64. The number of hydrogen-bond acceptors (Lipinski definition) is 4. The monoisotopic (exact) mass is 514 g/mol. The van der Waals surface area contributed by atoms with Gasteiger partial charge in [-0.2, -0.15) is 0 Å². The molecule has 0 aliphatic heterocycles. The summed E-state index contributed by atoms with van der Waals surface area (Å²) in [5.41, 5.74) is 0. The standard InChI is InChI=1S/C30H26S4/c1-3-5-7-9-11-13-23-15-17-25(31-23)27-19-21-29(33-27)30-22-20-28(34-30)26-18-16-24(32-26)14-12-10-8-6-4-2/h3-22H,1-2H3/b5-3+,6-4+,9-7+,10-8+,13-11+,14-12+. The van der Waals surface area contributed by atoms with Crippen LogP contribution in [0, 0.1) is 0 Å². The van der Waals surface area contributed by atoms with Gasteiger partial charge in [-0.1, -0.05) is 60.8 Å². The molecule has 0 bridgehead atoms. The SMILES string of the molecule is C/C=C/C=C/C=C/c1ccc(-c2ccc(-c3ccc(-c4ccc(/C=C/C=C/C=C/C)s4)s3)s2)s1. The van der Waals surface area contributed by atoms with Crippen LogP contribution in [0.25, 0.3) is 41.4 Å². The van der Waals surface area contributed by atoms with Crippen LogP contribution in [0.15, 0.2) is 109 Å². The molecule has 0 fully saturated rings. The van der Waals surface area contributed by atoms with Crippen LogP contribution < -0.4 is 0 Å². The molecule has 4 aromatic rings. The van der Waals surface area contributed by atoms with Gasteiger partial charge in [-0.25, -0.2) is 0 Å². The quantitative estimate of drug-likeness (QED) is 0.195. The van der Waals surface area contributed by atoms with Gasteiger partial charge in [0, 0.05) is 39.0 Å². The van der Waals surface area contributed by atoms with Crippen LogP contribution in [-0.2, 0) is 0 Å². The molecule has 0 saturated heterocycles. The summed E-state index contributed by atoms with van der Waals surface area (Å²) in [7, 11) is 0. The summed E-state index contributed by atoms with van der Waals surface area (Å²) >= 11 is 7.41. The van der Waals surface area contributed by atoms with E-state index in [1.807, 2.05) is 95.7 Å². The molecular weight excluding hydrogens is 489 g/mol. The van der Waals surface area contributed by atoms with Crippen LogP contribution in [0.5, 0.6) is 0 Å². The molecule has 0 unspecified atom stereocenters. The Morgan fingerprint density at radius 2 is 0.706 bits per heavy atom. The van der Waals surface area contributed by atoms with Crippen molar-refractivity contribution in [1.29, 1.82) is 0 Å². The van der Waals surface area contributed by atoms with E-state index in [9.17, 15) is 0 Å². The second-order valence-corrected chi connectivity index (χ2v) is 11.7. The van der Waals surface area contributed by atoms with Crippen molar-refractivity contribution in [1.82, 2.24) is 0 Å². The van der Waals surface area contributed by atoms with Gasteiger partial charge in [-0.3, -0.25) is 0 Å². The summed E-state index contributed by atoms with van der Waals surface area (Å²) in [5.74, 6) is 0. The maximum Gasteiger partial charge on any atom is 0.0449 e. The zero-order valence-electron chi connectivity index (χ0n) is 19.2. The number of allylic oxidation sites excluding steroid dienone is 10. The van der Waals surface area contributed by atoms with Gasteiger partial charge in [0.05, 0.1) is 0 Å². The van der Waals surface area contributed by atoms with Crippen LogP contribution in [-0.4, -0.2) is 0 Å². The minimum Gasteiger partial charge on any atom is -0.135 e. The Labute approximate surface area is 218 Å². The molecule has 0 aliphatic rings. The second kappa shape index (κ2) is 12.6. The molecule has 0 amide bonds. The highest BCUT2D eigenvalue weighted by molar-refractivity contribution is 7.28. The lowest BCUT2D eigenvalue weighted by molar-refractivity contribution is 1.73. The molecule has 0 nitrogen and oxygen atoms in total. The summed E-state index contributed by atoms with van der Waals surface area (Å²) in [5, 5.41) is 0. The van der Waals surface area contributed by atoms with Gasteiger partial charge in [0.1, 0.15) is 0 Å². The summed E-state index contributed by atoms with van der Waals surface area (Å²) in [4.78, 5) is 10.5. The minimum absolute atomic E-state index is 1.27. The maximum atomic E-state index is 2.25. The molecule has 4 rings (SSSR count). The molecule has 4 heteroatoms. The highest BCUT2D eigenvalue weighted by Crippen LogP contribution is 2.43. The first-order valence-corrected chi connectivity index (χ1v) is 14.4. The van der Waals surface area contributed by atoms with E-state index in [0.29, 0.717) is 0 Å². The third kappa shape index (κ3) is 6.64. The lowest BCUT2D eigenvalue weighted by Crippen LogP contribution is -1.58.